The lowest BCUT2D eigenvalue weighted by molar-refractivity contribution is -0.146. The van der Waals surface area contributed by atoms with Crippen molar-refractivity contribution >= 4 is 0 Å². The molecule has 1 unspecified atom stereocenters. The second kappa shape index (κ2) is 3.17. The SMILES string of the molecule is OC1(c2nc(C(F)(F)F)no2)CCNC1. The van der Waals surface area contributed by atoms with Gasteiger partial charge in [0.25, 0.3) is 11.7 Å². The number of hydrogen-bond donors (Lipinski definition) is 2. The van der Waals surface area contributed by atoms with Crippen LogP contribution in [0.3, 0.4) is 0 Å². The molecule has 2 rings (SSSR count). The molecule has 5 nitrogen and oxygen atoms in total. The molecule has 0 aromatic carbocycles. The van der Waals surface area contributed by atoms with E-state index in [1.165, 1.54) is 0 Å². The predicted molar refractivity (Wildman–Crippen MR) is 40.7 cm³/mol. The van der Waals surface area contributed by atoms with Gasteiger partial charge in [-0.15, -0.1) is 0 Å². The Hall–Kier alpha value is -1.15. The second-order valence-corrected chi connectivity index (χ2v) is 3.38. The van der Waals surface area contributed by atoms with Gasteiger partial charge in [-0.1, -0.05) is 5.16 Å². The average molecular weight is 223 g/mol. The molecule has 84 valence electrons. The minimum atomic E-state index is -4.65. The standard InChI is InChI=1S/C7H8F3N3O2/c8-7(9,10)4-12-5(15-13-4)6(14)1-2-11-3-6/h11,14H,1-3H2. The average Bonchev–Trinajstić information content (AvgIpc) is 2.69. The molecule has 0 radical (unpaired) electrons. The van der Waals surface area contributed by atoms with E-state index < -0.39 is 17.6 Å². The van der Waals surface area contributed by atoms with Gasteiger partial charge in [-0.3, -0.25) is 0 Å². The summed E-state index contributed by atoms with van der Waals surface area (Å²) in [7, 11) is 0. The van der Waals surface area contributed by atoms with E-state index in [9.17, 15) is 18.3 Å². The highest BCUT2D eigenvalue weighted by molar-refractivity contribution is 5.04. The molecule has 2 N–H and O–H groups in total. The molecule has 2 heterocycles. The van der Waals surface area contributed by atoms with Gasteiger partial charge in [-0.05, 0) is 13.0 Å². The zero-order chi connectivity index (χ0) is 11.1. The fourth-order valence-electron chi connectivity index (χ4n) is 1.39. The Morgan fingerprint density at radius 1 is 1.47 bits per heavy atom. The highest BCUT2D eigenvalue weighted by atomic mass is 19.4. The molecule has 0 saturated carbocycles. The summed E-state index contributed by atoms with van der Waals surface area (Å²) in [5.41, 5.74) is -1.48. The third-order valence-corrected chi connectivity index (χ3v) is 2.21. The van der Waals surface area contributed by atoms with E-state index in [0.717, 1.165) is 0 Å². The van der Waals surface area contributed by atoms with Crippen molar-refractivity contribution in [2.75, 3.05) is 13.1 Å². The molecule has 0 amide bonds. The van der Waals surface area contributed by atoms with Crippen LogP contribution in [0.25, 0.3) is 0 Å². The minimum absolute atomic E-state index is 0.118. The molecular weight excluding hydrogens is 215 g/mol. The summed E-state index contributed by atoms with van der Waals surface area (Å²) in [6.45, 7) is 0.618. The van der Waals surface area contributed by atoms with Crippen LogP contribution in [-0.4, -0.2) is 28.3 Å². The van der Waals surface area contributed by atoms with Crippen LogP contribution in [0.1, 0.15) is 18.1 Å². The van der Waals surface area contributed by atoms with Crippen molar-refractivity contribution in [1.29, 1.82) is 0 Å². The van der Waals surface area contributed by atoms with Gasteiger partial charge in [-0.2, -0.15) is 18.2 Å². The lowest BCUT2D eigenvalue weighted by Gasteiger charge is -2.14. The van der Waals surface area contributed by atoms with Gasteiger partial charge in [0, 0.05) is 6.54 Å². The van der Waals surface area contributed by atoms with Crippen molar-refractivity contribution in [1.82, 2.24) is 15.5 Å². The number of nitrogens with one attached hydrogen (secondary N) is 1. The molecular formula is C7H8F3N3O2. The molecule has 0 spiro atoms. The van der Waals surface area contributed by atoms with Crippen molar-refractivity contribution in [3.63, 3.8) is 0 Å². The highest BCUT2D eigenvalue weighted by Gasteiger charge is 2.43. The van der Waals surface area contributed by atoms with Gasteiger partial charge in [0.15, 0.2) is 5.60 Å². The summed E-state index contributed by atoms with van der Waals surface area (Å²) in [6.07, 6.45) is -4.39. The topological polar surface area (TPSA) is 71.2 Å². The molecule has 1 atom stereocenters. The van der Waals surface area contributed by atoms with Gasteiger partial charge in [0.1, 0.15) is 0 Å². The molecule has 1 aliphatic heterocycles. The van der Waals surface area contributed by atoms with Gasteiger partial charge < -0.3 is 14.9 Å². The third-order valence-electron chi connectivity index (χ3n) is 2.21. The van der Waals surface area contributed by atoms with Crippen LogP contribution in [0.4, 0.5) is 13.2 Å². The maximum Gasteiger partial charge on any atom is 0.455 e. The Morgan fingerprint density at radius 2 is 2.20 bits per heavy atom. The Balaban J connectivity index is 2.27. The maximum atomic E-state index is 12.1. The molecule has 1 fully saturated rings. The van der Waals surface area contributed by atoms with E-state index in [1.54, 1.807) is 0 Å². The van der Waals surface area contributed by atoms with E-state index in [1.807, 2.05) is 0 Å². The smallest absolute Gasteiger partial charge is 0.379 e. The number of nitrogens with zero attached hydrogens (tertiary/aromatic N) is 2. The largest absolute Gasteiger partial charge is 0.455 e. The first-order chi connectivity index (χ1) is 6.92. The molecule has 8 heteroatoms. The summed E-state index contributed by atoms with van der Waals surface area (Å²) in [6, 6.07) is 0. The van der Waals surface area contributed by atoms with Crippen molar-refractivity contribution in [3.05, 3.63) is 11.7 Å². The summed E-state index contributed by atoms with van der Waals surface area (Å²) >= 11 is 0. The van der Waals surface area contributed by atoms with Crippen LogP contribution in [0.5, 0.6) is 0 Å². The first kappa shape index (κ1) is 10.4. The van der Waals surface area contributed by atoms with E-state index in [-0.39, 0.29) is 18.9 Å². The monoisotopic (exact) mass is 223 g/mol. The Labute approximate surface area is 82.3 Å². The van der Waals surface area contributed by atoms with Crippen LogP contribution in [0, 0.1) is 0 Å². The number of rotatable bonds is 1. The molecule has 1 saturated heterocycles. The predicted octanol–water partition coefficient (Wildman–Crippen LogP) is 0.269. The lowest BCUT2D eigenvalue weighted by Crippen LogP contribution is -2.28. The van der Waals surface area contributed by atoms with Crippen molar-refractivity contribution < 1.29 is 22.8 Å². The summed E-state index contributed by atoms with van der Waals surface area (Å²) in [5, 5.41) is 15.4. The number of hydrogen-bond acceptors (Lipinski definition) is 5. The molecule has 0 bridgehead atoms. The number of aromatic nitrogens is 2. The Morgan fingerprint density at radius 3 is 2.67 bits per heavy atom. The number of alkyl halides is 3. The summed E-state index contributed by atoms with van der Waals surface area (Å²) in [4.78, 5) is 3.14. The maximum absolute atomic E-state index is 12.1. The van der Waals surface area contributed by atoms with Crippen LogP contribution in [0.2, 0.25) is 0 Å². The highest BCUT2D eigenvalue weighted by Crippen LogP contribution is 2.31. The number of β-amino-alcohol motifs (C(OH)–C–C–N with tert-alkyl or cyclic N) is 1. The lowest BCUT2D eigenvalue weighted by atomic mass is 10.0. The molecule has 1 aliphatic rings. The Bertz CT molecular complexity index is 357. The molecule has 1 aromatic heterocycles. The molecule has 0 aliphatic carbocycles. The van der Waals surface area contributed by atoms with Gasteiger partial charge in [-0.25, -0.2) is 0 Å². The zero-order valence-electron chi connectivity index (χ0n) is 7.51. The van der Waals surface area contributed by atoms with Crippen LogP contribution in [-0.2, 0) is 11.8 Å². The van der Waals surface area contributed by atoms with Gasteiger partial charge in [0.05, 0.1) is 0 Å². The fraction of sp³-hybridized carbons (Fsp3) is 0.714. The van der Waals surface area contributed by atoms with E-state index in [4.69, 9.17) is 0 Å². The number of aliphatic hydroxyl groups is 1. The number of halogens is 3. The minimum Gasteiger partial charge on any atom is -0.379 e. The zero-order valence-corrected chi connectivity index (χ0v) is 7.51. The van der Waals surface area contributed by atoms with Crippen LogP contribution in [0.15, 0.2) is 4.52 Å². The fourth-order valence-corrected chi connectivity index (χ4v) is 1.39. The van der Waals surface area contributed by atoms with Gasteiger partial charge >= 0.3 is 6.18 Å². The first-order valence-electron chi connectivity index (χ1n) is 4.26. The van der Waals surface area contributed by atoms with Crippen LogP contribution >= 0.6 is 0 Å². The summed E-state index contributed by atoms with van der Waals surface area (Å²) in [5.74, 6) is -1.75. The van der Waals surface area contributed by atoms with Crippen molar-refractivity contribution in [3.8, 4) is 0 Å². The second-order valence-electron chi connectivity index (χ2n) is 3.38. The van der Waals surface area contributed by atoms with E-state index in [0.29, 0.717) is 6.54 Å². The summed E-state index contributed by atoms with van der Waals surface area (Å²) < 4.78 is 40.8. The normalized spacial score (nSPS) is 27.2. The van der Waals surface area contributed by atoms with E-state index in [2.05, 4.69) is 20.0 Å². The third kappa shape index (κ3) is 1.82. The van der Waals surface area contributed by atoms with Crippen LogP contribution < -0.4 is 5.32 Å². The van der Waals surface area contributed by atoms with Crippen molar-refractivity contribution in [2.45, 2.75) is 18.2 Å². The van der Waals surface area contributed by atoms with Crippen molar-refractivity contribution in [2.24, 2.45) is 0 Å². The molecule has 15 heavy (non-hydrogen) atoms. The first-order valence-corrected chi connectivity index (χ1v) is 4.26. The molecule has 1 aromatic rings. The Kier molecular flexibility index (Phi) is 2.19. The van der Waals surface area contributed by atoms with E-state index >= 15 is 0 Å². The quantitative estimate of drug-likeness (QED) is 0.715. The van der Waals surface area contributed by atoms with Gasteiger partial charge in [0.2, 0.25) is 0 Å².